The van der Waals surface area contributed by atoms with E-state index in [0.717, 1.165) is 0 Å². The Morgan fingerprint density at radius 3 is 2.89 bits per heavy atom. The highest BCUT2D eigenvalue weighted by Gasteiger charge is 1.89. The van der Waals surface area contributed by atoms with Crippen LogP contribution in [-0.2, 0) is 10.5 Å². The van der Waals surface area contributed by atoms with Crippen molar-refractivity contribution in [3.05, 3.63) is 12.5 Å². The summed E-state index contributed by atoms with van der Waals surface area (Å²) < 4.78 is 27.0. The van der Waals surface area contributed by atoms with Crippen molar-refractivity contribution in [3.63, 3.8) is 0 Å². The standard InChI is InChI=1S/C3H2N2O3S/c6-9(7)5-3-4-1-2-8-3/h1-2H. The predicted molar refractivity (Wildman–Crippen MR) is 27.5 cm³/mol. The largest absolute Gasteiger partial charge is 0.430 e. The quantitative estimate of drug-likeness (QED) is 0.573. The van der Waals surface area contributed by atoms with E-state index in [2.05, 4.69) is 13.8 Å². The molecule has 0 saturated carbocycles. The highest BCUT2D eigenvalue weighted by Crippen LogP contribution is 2.03. The zero-order valence-electron chi connectivity index (χ0n) is 4.18. The van der Waals surface area contributed by atoms with Crippen LogP contribution in [0.15, 0.2) is 21.2 Å². The van der Waals surface area contributed by atoms with Crippen LogP contribution >= 0.6 is 0 Å². The molecular weight excluding hydrogens is 144 g/mol. The Hall–Kier alpha value is -1.17. The molecule has 1 rings (SSSR count). The highest BCUT2D eigenvalue weighted by molar-refractivity contribution is 7.61. The smallest absolute Gasteiger partial charge is 0.336 e. The average molecular weight is 146 g/mol. The molecule has 48 valence electrons. The molecule has 1 heterocycles. The van der Waals surface area contributed by atoms with E-state index >= 15 is 0 Å². The summed E-state index contributed by atoms with van der Waals surface area (Å²) in [5, 5.41) is 0. The van der Waals surface area contributed by atoms with Crippen LogP contribution in [0.3, 0.4) is 0 Å². The molecule has 0 amide bonds. The van der Waals surface area contributed by atoms with Crippen LogP contribution in [-0.4, -0.2) is 13.4 Å². The summed E-state index contributed by atoms with van der Waals surface area (Å²) >= 11 is 0. The second-order valence-electron chi connectivity index (χ2n) is 1.12. The molecule has 0 aliphatic carbocycles. The Kier molecular flexibility index (Phi) is 1.59. The molecule has 0 bridgehead atoms. The van der Waals surface area contributed by atoms with E-state index in [9.17, 15) is 8.42 Å². The first-order valence-corrected chi connectivity index (χ1v) is 3.03. The van der Waals surface area contributed by atoms with Gasteiger partial charge in [-0.2, -0.15) is 13.4 Å². The summed E-state index contributed by atoms with van der Waals surface area (Å²) in [5.41, 5.74) is 0. The molecule has 9 heavy (non-hydrogen) atoms. The lowest BCUT2D eigenvalue weighted by atomic mass is 11.0. The van der Waals surface area contributed by atoms with E-state index in [1.807, 2.05) is 0 Å². The van der Waals surface area contributed by atoms with Gasteiger partial charge in [0.25, 0.3) is 0 Å². The van der Waals surface area contributed by atoms with Crippen molar-refractivity contribution in [1.82, 2.24) is 4.98 Å². The van der Waals surface area contributed by atoms with Crippen molar-refractivity contribution in [2.75, 3.05) is 0 Å². The van der Waals surface area contributed by atoms with Gasteiger partial charge < -0.3 is 4.42 Å². The van der Waals surface area contributed by atoms with Gasteiger partial charge in [-0.3, -0.25) is 0 Å². The summed E-state index contributed by atoms with van der Waals surface area (Å²) in [6.07, 6.45) is 2.55. The van der Waals surface area contributed by atoms with Crippen molar-refractivity contribution in [2.24, 2.45) is 4.36 Å². The van der Waals surface area contributed by atoms with Gasteiger partial charge in [0.05, 0.1) is 6.20 Å². The van der Waals surface area contributed by atoms with Crippen LogP contribution < -0.4 is 0 Å². The van der Waals surface area contributed by atoms with Gasteiger partial charge in [0.15, 0.2) is 0 Å². The Bertz CT molecular complexity index is 290. The van der Waals surface area contributed by atoms with Crippen LogP contribution in [0.2, 0.25) is 0 Å². The zero-order chi connectivity index (χ0) is 6.69. The fourth-order valence-electron chi connectivity index (χ4n) is 0.325. The van der Waals surface area contributed by atoms with Crippen molar-refractivity contribution in [2.45, 2.75) is 0 Å². The van der Waals surface area contributed by atoms with Crippen molar-refractivity contribution < 1.29 is 12.8 Å². The number of hydrogen-bond acceptors (Lipinski definition) is 5. The molecule has 0 fully saturated rings. The fourth-order valence-corrected chi connectivity index (χ4v) is 0.542. The Balaban J connectivity index is 3.07. The van der Waals surface area contributed by atoms with Gasteiger partial charge in [-0.05, 0) is 0 Å². The van der Waals surface area contributed by atoms with Crippen molar-refractivity contribution in [3.8, 4) is 0 Å². The average Bonchev–Trinajstić information content (AvgIpc) is 2.15. The molecule has 0 saturated heterocycles. The van der Waals surface area contributed by atoms with E-state index in [1.165, 1.54) is 12.5 Å². The number of hydrogen-bond donors (Lipinski definition) is 0. The van der Waals surface area contributed by atoms with Crippen LogP contribution in [0, 0.1) is 0 Å². The summed E-state index contributed by atoms with van der Waals surface area (Å²) in [6, 6.07) is -0.150. The molecule has 0 aliphatic rings. The molecule has 0 spiro atoms. The van der Waals surface area contributed by atoms with Gasteiger partial charge in [0.2, 0.25) is 0 Å². The molecule has 6 heteroatoms. The third kappa shape index (κ3) is 1.65. The van der Waals surface area contributed by atoms with E-state index in [4.69, 9.17) is 0 Å². The fraction of sp³-hybridized carbons (Fsp3) is 0. The van der Waals surface area contributed by atoms with Crippen molar-refractivity contribution in [1.29, 1.82) is 0 Å². The van der Waals surface area contributed by atoms with E-state index in [-0.39, 0.29) is 6.01 Å². The Morgan fingerprint density at radius 2 is 2.44 bits per heavy atom. The normalized spacial score (nSPS) is 8.89. The lowest BCUT2D eigenvalue weighted by Gasteiger charge is -1.68. The van der Waals surface area contributed by atoms with Gasteiger partial charge >= 0.3 is 16.5 Å². The number of oxazole rings is 1. The topological polar surface area (TPSA) is 72.5 Å². The molecule has 1 aromatic rings. The molecular formula is C3H2N2O3S. The van der Waals surface area contributed by atoms with E-state index in [1.54, 1.807) is 0 Å². The number of aromatic nitrogens is 1. The predicted octanol–water partition coefficient (Wildman–Crippen LogP) is 0.369. The molecule has 1 aromatic heterocycles. The maximum absolute atomic E-state index is 9.80. The minimum Gasteiger partial charge on any atom is -0.430 e. The molecule has 0 radical (unpaired) electrons. The maximum atomic E-state index is 9.80. The molecule has 0 aromatic carbocycles. The number of rotatable bonds is 1. The Labute approximate surface area is 52.0 Å². The number of nitrogens with zero attached hydrogens (tertiary/aromatic N) is 2. The molecule has 5 nitrogen and oxygen atoms in total. The van der Waals surface area contributed by atoms with E-state index < -0.39 is 10.5 Å². The van der Waals surface area contributed by atoms with Gasteiger partial charge in [-0.15, -0.1) is 0 Å². The lowest BCUT2D eigenvalue weighted by Crippen LogP contribution is -1.58. The lowest BCUT2D eigenvalue weighted by molar-refractivity contribution is 0.567. The monoisotopic (exact) mass is 146 g/mol. The van der Waals surface area contributed by atoms with Gasteiger partial charge in [-0.1, -0.05) is 4.36 Å². The van der Waals surface area contributed by atoms with Crippen molar-refractivity contribution >= 4 is 16.5 Å². The third-order valence-corrected chi connectivity index (χ3v) is 0.877. The first-order valence-electron chi connectivity index (χ1n) is 1.99. The van der Waals surface area contributed by atoms with Crippen LogP contribution in [0.1, 0.15) is 0 Å². The highest BCUT2D eigenvalue weighted by atomic mass is 32.2. The molecule has 0 atom stereocenters. The zero-order valence-corrected chi connectivity index (χ0v) is 5.00. The summed E-state index contributed by atoms with van der Waals surface area (Å²) in [7, 11) is -2.48. The maximum Gasteiger partial charge on any atom is 0.336 e. The minimum atomic E-state index is -2.48. The van der Waals surface area contributed by atoms with Gasteiger partial charge in [-0.25, -0.2) is 0 Å². The van der Waals surface area contributed by atoms with Gasteiger partial charge in [0.1, 0.15) is 6.26 Å². The summed E-state index contributed by atoms with van der Waals surface area (Å²) in [5.74, 6) is 0. The molecule has 0 N–H and O–H groups in total. The van der Waals surface area contributed by atoms with Crippen LogP contribution in [0.4, 0.5) is 6.01 Å². The summed E-state index contributed by atoms with van der Waals surface area (Å²) in [4.78, 5) is 3.43. The third-order valence-electron chi connectivity index (χ3n) is 0.572. The first-order chi connectivity index (χ1) is 4.29. The van der Waals surface area contributed by atoms with E-state index in [0.29, 0.717) is 0 Å². The van der Waals surface area contributed by atoms with Gasteiger partial charge in [0, 0.05) is 0 Å². The molecule has 0 unspecified atom stereocenters. The summed E-state index contributed by atoms with van der Waals surface area (Å²) in [6.45, 7) is 0. The SMILES string of the molecule is O=S(=O)=Nc1ncco1. The van der Waals surface area contributed by atoms with Crippen LogP contribution in [0.25, 0.3) is 0 Å². The Morgan fingerprint density at radius 1 is 1.67 bits per heavy atom. The molecule has 0 aliphatic heterocycles. The second kappa shape index (κ2) is 2.40. The second-order valence-corrected chi connectivity index (χ2v) is 1.74. The minimum absolute atomic E-state index is 0.150. The first kappa shape index (κ1) is 5.96. The van der Waals surface area contributed by atoms with Crippen LogP contribution in [0.5, 0.6) is 0 Å².